The van der Waals surface area contributed by atoms with Crippen molar-refractivity contribution in [1.29, 1.82) is 0 Å². The molecule has 0 aromatic heterocycles. The molecule has 2 aliphatic rings. The fraction of sp³-hybridized carbons (Fsp3) is 0.478. The molecular weight excluding hydrogens is 400 g/mol. The topological polar surface area (TPSA) is 78.9 Å². The maximum atomic E-state index is 10.5. The van der Waals surface area contributed by atoms with E-state index in [0.717, 1.165) is 24.4 Å². The molecule has 0 radical (unpaired) electrons. The maximum absolute atomic E-state index is 10.5. The fourth-order valence-electron chi connectivity index (χ4n) is 4.47. The molecule has 1 aliphatic heterocycles. The van der Waals surface area contributed by atoms with Gasteiger partial charge < -0.3 is 10.1 Å². The highest BCUT2D eigenvalue weighted by atomic mass is 32.2. The third-order valence-corrected chi connectivity index (χ3v) is 6.93. The second kappa shape index (κ2) is 9.92. The van der Waals surface area contributed by atoms with Crippen molar-refractivity contribution in [3.63, 3.8) is 0 Å². The Bertz CT molecular complexity index is 924. The van der Waals surface area contributed by atoms with Gasteiger partial charge in [0.2, 0.25) is 0 Å². The highest BCUT2D eigenvalue weighted by molar-refractivity contribution is 7.85. The molecule has 30 heavy (non-hydrogen) atoms. The van der Waals surface area contributed by atoms with Crippen LogP contribution in [0.3, 0.4) is 0 Å². The summed E-state index contributed by atoms with van der Waals surface area (Å²) in [6, 6.07) is 13.2. The lowest BCUT2D eigenvalue weighted by Crippen LogP contribution is -2.51. The summed E-state index contributed by atoms with van der Waals surface area (Å²) in [5.41, 5.74) is 3.88. The van der Waals surface area contributed by atoms with Crippen LogP contribution in [0.25, 0.3) is 0 Å². The van der Waals surface area contributed by atoms with Crippen molar-refractivity contribution in [3.05, 3.63) is 59.2 Å². The van der Waals surface area contributed by atoms with E-state index in [-0.39, 0.29) is 4.90 Å². The van der Waals surface area contributed by atoms with Gasteiger partial charge in [0, 0.05) is 43.7 Å². The molecular formula is C23H32N2O4S. The lowest BCUT2D eigenvalue weighted by atomic mass is 9.79. The van der Waals surface area contributed by atoms with Gasteiger partial charge in [-0.3, -0.25) is 9.45 Å². The average molecular weight is 433 g/mol. The molecule has 0 spiro atoms. The van der Waals surface area contributed by atoms with E-state index in [2.05, 4.69) is 35.3 Å². The third-order valence-electron chi connectivity index (χ3n) is 6.06. The monoisotopic (exact) mass is 432 g/mol. The van der Waals surface area contributed by atoms with E-state index in [1.54, 1.807) is 19.2 Å². The third kappa shape index (κ3) is 5.40. The van der Waals surface area contributed by atoms with Gasteiger partial charge in [0.25, 0.3) is 10.1 Å². The van der Waals surface area contributed by atoms with E-state index in [0.29, 0.717) is 12.0 Å². The predicted molar refractivity (Wildman–Crippen MR) is 119 cm³/mol. The summed E-state index contributed by atoms with van der Waals surface area (Å²) in [6.45, 7) is 8.82. The number of rotatable bonds is 3. The molecule has 7 heteroatoms. The van der Waals surface area contributed by atoms with Crippen LogP contribution in [-0.2, 0) is 16.5 Å². The van der Waals surface area contributed by atoms with E-state index < -0.39 is 10.1 Å². The Balaban J connectivity index is 0.000000199. The Morgan fingerprint density at radius 3 is 2.37 bits per heavy atom. The molecule has 1 aliphatic carbocycles. The van der Waals surface area contributed by atoms with Crippen LogP contribution in [0.15, 0.2) is 47.4 Å². The van der Waals surface area contributed by atoms with Crippen molar-refractivity contribution < 1.29 is 17.7 Å². The summed E-state index contributed by atoms with van der Waals surface area (Å²) in [4.78, 5) is 2.60. The summed E-state index contributed by atoms with van der Waals surface area (Å²) >= 11 is 0. The molecule has 2 aromatic rings. The fourth-order valence-corrected chi connectivity index (χ4v) is 4.95. The predicted octanol–water partition coefficient (Wildman–Crippen LogP) is 3.26. The van der Waals surface area contributed by atoms with Crippen molar-refractivity contribution in [3.8, 4) is 5.75 Å². The van der Waals surface area contributed by atoms with E-state index in [9.17, 15) is 8.42 Å². The van der Waals surface area contributed by atoms with Crippen molar-refractivity contribution in [2.45, 2.75) is 43.5 Å². The minimum Gasteiger partial charge on any atom is -0.496 e. The number of ether oxygens (including phenoxy) is 1. The number of piperazine rings is 1. The van der Waals surface area contributed by atoms with Gasteiger partial charge in [-0.1, -0.05) is 36.8 Å². The molecule has 6 nitrogen and oxygen atoms in total. The Hall–Kier alpha value is -1.93. The molecule has 2 aromatic carbocycles. The van der Waals surface area contributed by atoms with Gasteiger partial charge >= 0.3 is 0 Å². The van der Waals surface area contributed by atoms with Crippen LogP contribution in [-0.4, -0.2) is 57.2 Å². The number of hydrogen-bond acceptors (Lipinski definition) is 5. The zero-order valence-electron chi connectivity index (χ0n) is 18.0. The molecule has 0 bridgehead atoms. The first-order valence-electron chi connectivity index (χ1n) is 10.5. The number of benzene rings is 2. The largest absolute Gasteiger partial charge is 0.496 e. The van der Waals surface area contributed by atoms with E-state index >= 15 is 0 Å². The standard InChI is InChI=1S/C16H24N2O.C7H8O3S/c1-12-14(18-10-8-17-9-11-18)7-6-13-4-3-5-15(19-2)16(12)13;1-6-2-4-7(5-3-6)11(8,9)10/h3-5,12,14,17H,6-11H2,1-2H3;2-5H,1H3,(H,8,9,10). The first-order valence-corrected chi connectivity index (χ1v) is 11.9. The van der Waals surface area contributed by atoms with Gasteiger partial charge in [0.05, 0.1) is 12.0 Å². The molecule has 164 valence electrons. The Labute approximate surface area is 180 Å². The molecule has 0 saturated carbocycles. The Morgan fingerprint density at radius 2 is 1.77 bits per heavy atom. The zero-order chi connectivity index (χ0) is 21.7. The van der Waals surface area contributed by atoms with Crippen LogP contribution >= 0.6 is 0 Å². The summed E-state index contributed by atoms with van der Waals surface area (Å²) in [6.07, 6.45) is 2.47. The molecule has 0 amide bonds. The SMILES string of the molecule is COc1cccc2c1C(C)C(N1CCNCC1)CC2.Cc1ccc(S(=O)(=O)O)cc1. The molecule has 1 fully saturated rings. The van der Waals surface area contributed by atoms with Gasteiger partial charge in [-0.05, 0) is 43.5 Å². The number of methoxy groups -OCH3 is 1. The average Bonchev–Trinajstić information content (AvgIpc) is 2.74. The van der Waals surface area contributed by atoms with Crippen LogP contribution in [0.1, 0.15) is 36.0 Å². The smallest absolute Gasteiger partial charge is 0.294 e. The van der Waals surface area contributed by atoms with Crippen molar-refractivity contribution >= 4 is 10.1 Å². The number of hydrogen-bond donors (Lipinski definition) is 2. The first-order chi connectivity index (χ1) is 14.3. The lowest BCUT2D eigenvalue weighted by molar-refractivity contribution is 0.139. The molecule has 2 unspecified atom stereocenters. The molecule has 2 N–H and O–H groups in total. The summed E-state index contributed by atoms with van der Waals surface area (Å²) in [7, 11) is -2.23. The van der Waals surface area contributed by atoms with Gasteiger partial charge in [0.15, 0.2) is 0 Å². The van der Waals surface area contributed by atoms with Crippen molar-refractivity contribution in [1.82, 2.24) is 10.2 Å². The highest BCUT2D eigenvalue weighted by Crippen LogP contribution is 2.39. The lowest BCUT2D eigenvalue weighted by Gasteiger charge is -2.42. The van der Waals surface area contributed by atoms with E-state index in [4.69, 9.17) is 9.29 Å². The summed E-state index contributed by atoms with van der Waals surface area (Å²) in [5, 5.41) is 3.44. The molecule has 4 rings (SSSR count). The molecule has 2 atom stereocenters. The minimum atomic E-state index is -4.02. The highest BCUT2D eigenvalue weighted by Gasteiger charge is 2.33. The number of aryl methyl sites for hydroxylation is 2. The second-order valence-corrected chi connectivity index (χ2v) is 9.42. The van der Waals surface area contributed by atoms with Crippen LogP contribution in [0.4, 0.5) is 0 Å². The Morgan fingerprint density at radius 1 is 1.10 bits per heavy atom. The van der Waals surface area contributed by atoms with Gasteiger partial charge in [-0.15, -0.1) is 0 Å². The first kappa shape index (κ1) is 22.7. The number of nitrogens with zero attached hydrogens (tertiary/aromatic N) is 1. The van der Waals surface area contributed by atoms with Gasteiger partial charge in [-0.2, -0.15) is 8.42 Å². The maximum Gasteiger partial charge on any atom is 0.294 e. The summed E-state index contributed by atoms with van der Waals surface area (Å²) in [5.74, 6) is 1.64. The molecule has 1 saturated heterocycles. The van der Waals surface area contributed by atoms with E-state index in [1.807, 2.05) is 6.92 Å². The normalized spacial score (nSPS) is 21.9. The van der Waals surface area contributed by atoms with Gasteiger partial charge in [-0.25, -0.2) is 0 Å². The zero-order valence-corrected chi connectivity index (χ0v) is 18.8. The quantitative estimate of drug-likeness (QED) is 0.725. The molecule has 1 heterocycles. The van der Waals surface area contributed by atoms with Crippen LogP contribution in [0, 0.1) is 6.92 Å². The van der Waals surface area contributed by atoms with E-state index in [1.165, 1.54) is 49.2 Å². The number of fused-ring (bicyclic) bond motifs is 1. The Kier molecular flexibility index (Phi) is 7.52. The second-order valence-electron chi connectivity index (χ2n) is 8.00. The van der Waals surface area contributed by atoms with Crippen LogP contribution in [0.5, 0.6) is 5.75 Å². The van der Waals surface area contributed by atoms with Gasteiger partial charge in [0.1, 0.15) is 5.75 Å². The van der Waals surface area contributed by atoms with Crippen molar-refractivity contribution in [2.24, 2.45) is 0 Å². The number of nitrogens with one attached hydrogen (secondary N) is 1. The minimum absolute atomic E-state index is 0.0666. The van der Waals surface area contributed by atoms with Crippen LogP contribution < -0.4 is 10.1 Å². The van der Waals surface area contributed by atoms with Crippen LogP contribution in [0.2, 0.25) is 0 Å². The van der Waals surface area contributed by atoms with Crippen molar-refractivity contribution in [2.75, 3.05) is 33.3 Å². The summed E-state index contributed by atoms with van der Waals surface area (Å²) < 4.78 is 35.1.